The van der Waals surface area contributed by atoms with Crippen LogP contribution in [0, 0.1) is 0 Å². The first-order chi connectivity index (χ1) is 10.9. The van der Waals surface area contributed by atoms with E-state index in [1.165, 1.54) is 0 Å². The molecule has 1 aliphatic heterocycles. The smallest absolute Gasteiger partial charge is 0.410 e. The number of amides is 1. The van der Waals surface area contributed by atoms with Crippen LogP contribution in [0.5, 0.6) is 6.01 Å². The van der Waals surface area contributed by atoms with Crippen LogP contribution in [0.2, 0.25) is 0 Å². The molecule has 1 saturated heterocycles. The third-order valence-corrected chi connectivity index (χ3v) is 3.29. The van der Waals surface area contributed by atoms with Crippen molar-refractivity contribution in [3.8, 4) is 6.01 Å². The van der Waals surface area contributed by atoms with Gasteiger partial charge in [0.25, 0.3) is 0 Å². The molecule has 1 atom stereocenters. The largest absolute Gasteiger partial charge is 0.458 e. The zero-order chi connectivity index (χ0) is 16.9. The monoisotopic (exact) mass is 322 g/mol. The highest BCUT2D eigenvalue weighted by molar-refractivity contribution is 5.68. The number of carbonyl (C=O) groups is 1. The first kappa shape index (κ1) is 17.3. The van der Waals surface area contributed by atoms with E-state index >= 15 is 0 Å². The Kier molecular flexibility index (Phi) is 5.63. The molecular weight excluding hydrogens is 296 g/mol. The van der Waals surface area contributed by atoms with Gasteiger partial charge in [-0.2, -0.15) is 4.98 Å². The van der Waals surface area contributed by atoms with Gasteiger partial charge in [-0.05, 0) is 46.6 Å². The van der Waals surface area contributed by atoms with Crippen molar-refractivity contribution in [3.63, 3.8) is 0 Å². The van der Waals surface area contributed by atoms with Gasteiger partial charge in [0.15, 0.2) is 0 Å². The van der Waals surface area contributed by atoms with Gasteiger partial charge < -0.3 is 19.7 Å². The molecule has 1 aromatic rings. The van der Waals surface area contributed by atoms with Crippen molar-refractivity contribution >= 4 is 11.9 Å². The summed E-state index contributed by atoms with van der Waals surface area (Å²) in [6.45, 7) is 9.56. The molecule has 1 aromatic heterocycles. The van der Waals surface area contributed by atoms with Gasteiger partial charge in [0, 0.05) is 19.3 Å². The van der Waals surface area contributed by atoms with Gasteiger partial charge in [0.1, 0.15) is 17.5 Å². The van der Waals surface area contributed by atoms with Crippen molar-refractivity contribution in [1.29, 1.82) is 0 Å². The molecular formula is C16H26N4O3. The molecule has 1 aliphatic rings. The van der Waals surface area contributed by atoms with Crippen molar-refractivity contribution in [2.24, 2.45) is 0 Å². The maximum absolute atomic E-state index is 12.2. The fourth-order valence-electron chi connectivity index (χ4n) is 2.35. The van der Waals surface area contributed by atoms with E-state index in [0.717, 1.165) is 25.2 Å². The summed E-state index contributed by atoms with van der Waals surface area (Å²) >= 11 is 0. The van der Waals surface area contributed by atoms with Crippen molar-refractivity contribution in [2.45, 2.75) is 52.2 Å². The van der Waals surface area contributed by atoms with Gasteiger partial charge >= 0.3 is 12.1 Å². The molecule has 1 N–H and O–H groups in total. The highest BCUT2D eigenvalue weighted by atomic mass is 16.6. The summed E-state index contributed by atoms with van der Waals surface area (Å²) in [5.41, 5.74) is -0.492. The lowest BCUT2D eigenvalue weighted by Crippen LogP contribution is -2.46. The molecule has 1 amide bonds. The Morgan fingerprint density at radius 2 is 2.26 bits per heavy atom. The molecule has 0 saturated carbocycles. The topological polar surface area (TPSA) is 76.6 Å². The molecule has 7 nitrogen and oxygen atoms in total. The number of piperidine rings is 1. The Morgan fingerprint density at radius 3 is 2.96 bits per heavy atom. The molecule has 0 aliphatic carbocycles. The molecule has 0 unspecified atom stereocenters. The van der Waals surface area contributed by atoms with Crippen LogP contribution < -0.4 is 10.1 Å². The van der Waals surface area contributed by atoms with E-state index in [2.05, 4.69) is 15.3 Å². The minimum atomic E-state index is -0.492. The van der Waals surface area contributed by atoms with Gasteiger partial charge in [-0.3, -0.25) is 0 Å². The third kappa shape index (κ3) is 5.58. The SMILES string of the molecule is CCNc1ccnc(O[C@H]2CCCN(C(=O)OC(C)(C)C)C2)n1. The lowest BCUT2D eigenvalue weighted by Gasteiger charge is -2.33. The fourth-order valence-corrected chi connectivity index (χ4v) is 2.35. The minimum absolute atomic E-state index is 0.117. The van der Waals surface area contributed by atoms with E-state index in [0.29, 0.717) is 19.1 Å². The minimum Gasteiger partial charge on any atom is -0.458 e. The maximum Gasteiger partial charge on any atom is 0.410 e. The van der Waals surface area contributed by atoms with E-state index in [9.17, 15) is 4.79 Å². The maximum atomic E-state index is 12.2. The van der Waals surface area contributed by atoms with Gasteiger partial charge in [0.05, 0.1) is 6.54 Å². The molecule has 0 bridgehead atoms. The molecule has 23 heavy (non-hydrogen) atoms. The molecule has 2 heterocycles. The lowest BCUT2D eigenvalue weighted by atomic mass is 10.1. The number of rotatable bonds is 4. The molecule has 0 spiro atoms. The highest BCUT2D eigenvalue weighted by Crippen LogP contribution is 2.19. The fraction of sp³-hybridized carbons (Fsp3) is 0.688. The Hall–Kier alpha value is -2.05. The van der Waals surface area contributed by atoms with Crippen molar-refractivity contribution in [2.75, 3.05) is 25.0 Å². The zero-order valence-corrected chi connectivity index (χ0v) is 14.3. The summed E-state index contributed by atoms with van der Waals surface area (Å²) in [4.78, 5) is 22.3. The molecule has 7 heteroatoms. The van der Waals surface area contributed by atoms with E-state index in [-0.39, 0.29) is 12.2 Å². The first-order valence-electron chi connectivity index (χ1n) is 8.09. The van der Waals surface area contributed by atoms with Gasteiger partial charge in [-0.25, -0.2) is 9.78 Å². The number of nitrogens with zero attached hydrogens (tertiary/aromatic N) is 3. The summed E-state index contributed by atoms with van der Waals surface area (Å²) in [6, 6.07) is 2.13. The Bertz CT molecular complexity index is 530. The molecule has 128 valence electrons. The first-order valence-corrected chi connectivity index (χ1v) is 8.09. The van der Waals surface area contributed by atoms with E-state index in [1.54, 1.807) is 17.2 Å². The quantitative estimate of drug-likeness (QED) is 0.918. The molecule has 0 aromatic carbocycles. The molecule has 1 fully saturated rings. The third-order valence-electron chi connectivity index (χ3n) is 3.29. The Morgan fingerprint density at radius 1 is 1.48 bits per heavy atom. The number of hydrogen-bond acceptors (Lipinski definition) is 6. The van der Waals surface area contributed by atoms with Crippen LogP contribution >= 0.6 is 0 Å². The number of aromatic nitrogens is 2. The van der Waals surface area contributed by atoms with Gasteiger partial charge in [-0.15, -0.1) is 0 Å². The normalized spacial score (nSPS) is 18.4. The van der Waals surface area contributed by atoms with Crippen LogP contribution in [-0.4, -0.2) is 52.3 Å². The number of nitrogens with one attached hydrogen (secondary N) is 1. The predicted molar refractivity (Wildman–Crippen MR) is 87.7 cm³/mol. The van der Waals surface area contributed by atoms with E-state index in [4.69, 9.17) is 9.47 Å². The average Bonchev–Trinajstić information content (AvgIpc) is 2.46. The van der Waals surface area contributed by atoms with Gasteiger partial charge in [0.2, 0.25) is 0 Å². The summed E-state index contributed by atoms with van der Waals surface area (Å²) < 4.78 is 11.3. The van der Waals surface area contributed by atoms with Crippen LogP contribution in [0.15, 0.2) is 12.3 Å². The summed E-state index contributed by atoms with van der Waals surface area (Å²) in [5.74, 6) is 0.734. The van der Waals surface area contributed by atoms with E-state index < -0.39 is 5.60 Å². The van der Waals surface area contributed by atoms with Crippen LogP contribution in [0.25, 0.3) is 0 Å². The number of likely N-dealkylation sites (tertiary alicyclic amines) is 1. The van der Waals surface area contributed by atoms with Crippen molar-refractivity contribution in [1.82, 2.24) is 14.9 Å². The standard InChI is InChI=1S/C16H26N4O3/c1-5-17-13-8-9-18-14(19-13)22-12-7-6-10-20(11-12)15(21)23-16(2,3)4/h8-9,12H,5-7,10-11H2,1-4H3,(H,17,18,19)/t12-/m0/s1. The van der Waals surface area contributed by atoms with Crippen LogP contribution in [0.1, 0.15) is 40.5 Å². The number of hydrogen-bond donors (Lipinski definition) is 1. The second-order valence-electron chi connectivity index (χ2n) is 6.56. The number of carbonyl (C=O) groups excluding carboxylic acids is 1. The van der Waals surface area contributed by atoms with Crippen LogP contribution in [-0.2, 0) is 4.74 Å². The number of anilines is 1. The number of ether oxygens (including phenoxy) is 2. The van der Waals surface area contributed by atoms with Crippen LogP contribution in [0.3, 0.4) is 0 Å². The predicted octanol–water partition coefficient (Wildman–Crippen LogP) is 2.69. The second-order valence-corrected chi connectivity index (χ2v) is 6.56. The van der Waals surface area contributed by atoms with E-state index in [1.807, 2.05) is 27.7 Å². The average molecular weight is 322 g/mol. The second kappa shape index (κ2) is 7.48. The van der Waals surface area contributed by atoms with Crippen molar-refractivity contribution in [3.05, 3.63) is 12.3 Å². The van der Waals surface area contributed by atoms with Crippen molar-refractivity contribution < 1.29 is 14.3 Å². The van der Waals surface area contributed by atoms with Crippen LogP contribution in [0.4, 0.5) is 10.6 Å². The zero-order valence-electron chi connectivity index (χ0n) is 14.3. The summed E-state index contributed by atoms with van der Waals surface area (Å²) in [6.07, 6.45) is 2.99. The Balaban J connectivity index is 1.93. The summed E-state index contributed by atoms with van der Waals surface area (Å²) in [7, 11) is 0. The molecule has 0 radical (unpaired) electrons. The molecule has 2 rings (SSSR count). The summed E-state index contributed by atoms with van der Waals surface area (Å²) in [5, 5.41) is 3.12. The highest BCUT2D eigenvalue weighted by Gasteiger charge is 2.28. The lowest BCUT2D eigenvalue weighted by molar-refractivity contribution is 0.00662. The van der Waals surface area contributed by atoms with Gasteiger partial charge in [-0.1, -0.05) is 0 Å². The Labute approximate surface area is 137 Å².